The predicted octanol–water partition coefficient (Wildman–Crippen LogP) is 3.09. The number of aryl methyl sites for hydroxylation is 1. The van der Waals surface area contributed by atoms with Crippen LogP contribution in [0.4, 0.5) is 0 Å². The van der Waals surface area contributed by atoms with Crippen LogP contribution in [0.1, 0.15) is 11.4 Å². The third kappa shape index (κ3) is 3.37. The molecule has 0 bridgehead atoms. The molecule has 0 aliphatic rings. The normalized spacial score (nSPS) is 11.4. The third-order valence-electron chi connectivity index (χ3n) is 2.30. The second-order valence-electron chi connectivity index (χ2n) is 3.84. The highest BCUT2D eigenvalue weighted by Gasteiger charge is 2.10. The molecule has 0 spiro atoms. The van der Waals surface area contributed by atoms with Crippen LogP contribution < -0.4 is 10.5 Å². The molecule has 20 heavy (non-hydrogen) atoms. The van der Waals surface area contributed by atoms with E-state index in [1.165, 1.54) is 0 Å². The summed E-state index contributed by atoms with van der Waals surface area (Å²) in [5.74, 6) is 0.390. The molecule has 0 unspecified atom stereocenters. The molecule has 2 rings (SSSR count). The maximum Gasteiger partial charge on any atom is 0.322 e. The molecule has 1 aromatic carbocycles. The van der Waals surface area contributed by atoms with Gasteiger partial charge in [-0.3, -0.25) is 0 Å². The first-order valence-corrected chi connectivity index (χ1v) is 6.63. The largest absolute Gasteiger partial charge is 0.423 e. The van der Waals surface area contributed by atoms with E-state index < -0.39 is 0 Å². The summed E-state index contributed by atoms with van der Waals surface area (Å²) in [6.45, 7) is 1.75. The molecule has 6 nitrogen and oxygen atoms in total. The second-order valence-corrected chi connectivity index (χ2v) is 5.13. The van der Waals surface area contributed by atoms with Gasteiger partial charge in [0.1, 0.15) is 11.4 Å². The fourth-order valence-corrected chi connectivity index (χ4v) is 2.19. The van der Waals surface area contributed by atoms with Crippen LogP contribution in [0.2, 0.25) is 5.02 Å². The summed E-state index contributed by atoms with van der Waals surface area (Å²) in [6.07, 6.45) is 0. The van der Waals surface area contributed by atoms with E-state index in [9.17, 15) is 0 Å². The number of amidine groups is 1. The number of benzene rings is 1. The van der Waals surface area contributed by atoms with Crippen molar-refractivity contribution in [3.05, 3.63) is 45.1 Å². The van der Waals surface area contributed by atoms with Crippen LogP contribution in [-0.2, 0) is 0 Å². The van der Waals surface area contributed by atoms with E-state index in [4.69, 9.17) is 27.3 Å². The average molecular weight is 358 g/mol. The molecule has 0 aliphatic carbocycles. The van der Waals surface area contributed by atoms with Crippen LogP contribution in [0.3, 0.4) is 0 Å². The lowest BCUT2D eigenvalue weighted by Gasteiger charge is -2.08. The minimum atomic E-state index is -0.115. The van der Waals surface area contributed by atoms with Crippen LogP contribution in [0.15, 0.2) is 33.9 Å². The maximum atomic E-state index is 8.67. The summed E-state index contributed by atoms with van der Waals surface area (Å²) >= 11 is 9.18. The number of halogens is 2. The Morgan fingerprint density at radius 1 is 1.40 bits per heavy atom. The van der Waals surface area contributed by atoms with E-state index in [0.29, 0.717) is 20.9 Å². The highest BCUT2D eigenvalue weighted by molar-refractivity contribution is 9.10. The number of oxime groups is 1. The summed E-state index contributed by atoms with van der Waals surface area (Å²) < 4.78 is 6.23. The molecule has 0 saturated heterocycles. The number of rotatable bonds is 3. The molecular formula is C12H10BrClN4O2. The van der Waals surface area contributed by atoms with Gasteiger partial charge in [-0.25, -0.2) is 4.98 Å². The Morgan fingerprint density at radius 3 is 2.80 bits per heavy atom. The molecule has 0 saturated carbocycles. The molecule has 104 valence electrons. The van der Waals surface area contributed by atoms with Crippen molar-refractivity contribution in [1.82, 2.24) is 9.97 Å². The van der Waals surface area contributed by atoms with E-state index in [2.05, 4.69) is 31.1 Å². The Kier molecular flexibility index (Phi) is 4.41. The molecule has 0 atom stereocenters. The fraction of sp³-hybridized carbons (Fsp3) is 0.0833. The standard InChI is InChI=1S/C12H10BrClN4O2/c1-6-4-9(11(15)18-19)17-12(16-6)20-10-3-2-7(14)5-8(10)13/h2-5,19H,1H3,(H2,15,18). The van der Waals surface area contributed by atoms with Gasteiger partial charge < -0.3 is 15.7 Å². The molecule has 2 aromatic rings. The van der Waals surface area contributed by atoms with Gasteiger partial charge in [0.25, 0.3) is 0 Å². The van der Waals surface area contributed by atoms with E-state index >= 15 is 0 Å². The summed E-state index contributed by atoms with van der Waals surface area (Å²) in [6, 6.07) is 6.73. The van der Waals surface area contributed by atoms with Gasteiger partial charge in [0.15, 0.2) is 5.84 Å². The molecule has 0 aliphatic heterocycles. The minimum absolute atomic E-state index is 0.0922. The fourth-order valence-electron chi connectivity index (χ4n) is 1.43. The summed E-state index contributed by atoms with van der Waals surface area (Å²) in [5.41, 5.74) is 6.41. The Morgan fingerprint density at radius 2 is 2.15 bits per heavy atom. The topological polar surface area (TPSA) is 93.6 Å². The van der Waals surface area contributed by atoms with Crippen molar-refractivity contribution in [1.29, 1.82) is 0 Å². The van der Waals surface area contributed by atoms with Crippen molar-refractivity contribution in [2.24, 2.45) is 10.9 Å². The van der Waals surface area contributed by atoms with E-state index in [1.807, 2.05) is 0 Å². The summed E-state index contributed by atoms with van der Waals surface area (Å²) in [4.78, 5) is 8.19. The second kappa shape index (κ2) is 6.06. The minimum Gasteiger partial charge on any atom is -0.423 e. The lowest BCUT2D eigenvalue weighted by Crippen LogP contribution is -2.16. The SMILES string of the molecule is Cc1cc(/C(N)=N/O)nc(Oc2ccc(Cl)cc2Br)n1. The van der Waals surface area contributed by atoms with Crippen molar-refractivity contribution in [3.63, 3.8) is 0 Å². The molecule has 0 amide bonds. The zero-order valence-corrected chi connectivity index (χ0v) is 12.7. The number of nitrogens with two attached hydrogens (primary N) is 1. The molecule has 1 aromatic heterocycles. The number of hydrogen-bond acceptors (Lipinski definition) is 5. The van der Waals surface area contributed by atoms with Gasteiger partial charge >= 0.3 is 6.01 Å². The Hall–Kier alpha value is -1.86. The van der Waals surface area contributed by atoms with Gasteiger partial charge in [0, 0.05) is 10.7 Å². The van der Waals surface area contributed by atoms with Crippen molar-refractivity contribution in [3.8, 4) is 11.8 Å². The molecule has 0 radical (unpaired) electrons. The van der Waals surface area contributed by atoms with Crippen LogP contribution in [-0.4, -0.2) is 21.0 Å². The lowest BCUT2D eigenvalue weighted by molar-refractivity contribution is 0.318. The quantitative estimate of drug-likeness (QED) is 0.381. The Labute approximate surface area is 128 Å². The van der Waals surface area contributed by atoms with Crippen molar-refractivity contribution in [2.75, 3.05) is 0 Å². The predicted molar refractivity (Wildman–Crippen MR) is 78.5 cm³/mol. The smallest absolute Gasteiger partial charge is 0.322 e. The molecule has 1 heterocycles. The van der Waals surface area contributed by atoms with Gasteiger partial charge in [0.05, 0.1) is 4.47 Å². The van der Waals surface area contributed by atoms with Gasteiger partial charge in [-0.05, 0) is 47.1 Å². The number of hydrogen-bond donors (Lipinski definition) is 2. The first-order valence-electron chi connectivity index (χ1n) is 5.46. The van der Waals surface area contributed by atoms with Crippen molar-refractivity contribution >= 4 is 33.4 Å². The highest BCUT2D eigenvalue weighted by atomic mass is 79.9. The average Bonchev–Trinajstić information content (AvgIpc) is 2.40. The lowest BCUT2D eigenvalue weighted by atomic mass is 10.3. The molecule has 3 N–H and O–H groups in total. The van der Waals surface area contributed by atoms with Gasteiger partial charge in [-0.15, -0.1) is 0 Å². The van der Waals surface area contributed by atoms with E-state index in [-0.39, 0.29) is 17.5 Å². The van der Waals surface area contributed by atoms with Gasteiger partial charge in [0.2, 0.25) is 0 Å². The van der Waals surface area contributed by atoms with Crippen LogP contribution in [0.5, 0.6) is 11.8 Å². The number of aromatic nitrogens is 2. The van der Waals surface area contributed by atoms with Crippen molar-refractivity contribution in [2.45, 2.75) is 6.92 Å². The highest BCUT2D eigenvalue weighted by Crippen LogP contribution is 2.30. The van der Waals surface area contributed by atoms with E-state index in [0.717, 1.165) is 0 Å². The van der Waals surface area contributed by atoms with E-state index in [1.54, 1.807) is 31.2 Å². The molecular weight excluding hydrogens is 348 g/mol. The Bertz CT molecular complexity index is 679. The van der Waals surface area contributed by atoms with Crippen LogP contribution in [0.25, 0.3) is 0 Å². The zero-order chi connectivity index (χ0) is 14.7. The Balaban J connectivity index is 2.36. The number of ether oxygens (including phenoxy) is 1. The molecule has 0 fully saturated rings. The first-order chi connectivity index (χ1) is 9.49. The van der Waals surface area contributed by atoms with Crippen molar-refractivity contribution < 1.29 is 9.94 Å². The third-order valence-corrected chi connectivity index (χ3v) is 3.15. The summed E-state index contributed by atoms with van der Waals surface area (Å²) in [7, 11) is 0. The molecule has 8 heteroatoms. The van der Waals surface area contributed by atoms with Gasteiger partial charge in [-0.1, -0.05) is 16.8 Å². The maximum absolute atomic E-state index is 8.67. The zero-order valence-electron chi connectivity index (χ0n) is 10.3. The van der Waals surface area contributed by atoms with Crippen LogP contribution in [0, 0.1) is 6.92 Å². The monoisotopic (exact) mass is 356 g/mol. The first kappa shape index (κ1) is 14.5. The summed E-state index contributed by atoms with van der Waals surface area (Å²) in [5, 5.41) is 12.1. The van der Waals surface area contributed by atoms with Crippen LogP contribution >= 0.6 is 27.5 Å². The van der Waals surface area contributed by atoms with Gasteiger partial charge in [-0.2, -0.15) is 4.98 Å². The number of nitrogens with zero attached hydrogens (tertiary/aromatic N) is 3.